The molecule has 0 radical (unpaired) electrons. The molecule has 1 aliphatic rings. The Balaban J connectivity index is 1.48. The highest BCUT2D eigenvalue weighted by Gasteiger charge is 2.16. The van der Waals surface area contributed by atoms with Gasteiger partial charge in [-0.05, 0) is 49.2 Å². The minimum atomic E-state index is -0.259. The fraction of sp³-hybridized carbons (Fsp3) is 0.286. The third-order valence-electron chi connectivity index (χ3n) is 4.93. The minimum absolute atomic E-state index is 0.141. The van der Waals surface area contributed by atoms with Crippen molar-refractivity contribution in [1.29, 1.82) is 0 Å². The zero-order chi connectivity index (χ0) is 18.1. The molecular weight excluding hydrogens is 329 g/mol. The van der Waals surface area contributed by atoms with Gasteiger partial charge < -0.3 is 10.1 Å². The fourth-order valence-corrected chi connectivity index (χ4v) is 3.45. The van der Waals surface area contributed by atoms with Gasteiger partial charge in [0.25, 0.3) is 0 Å². The van der Waals surface area contributed by atoms with Crippen molar-refractivity contribution in [2.45, 2.75) is 32.9 Å². The minimum Gasteiger partial charge on any atom is -0.493 e. The summed E-state index contributed by atoms with van der Waals surface area (Å²) in [6.45, 7) is 5.69. The summed E-state index contributed by atoms with van der Waals surface area (Å²) in [6, 6.07) is 13.0. The molecular formula is C21H22FN3O. The second kappa shape index (κ2) is 6.92. The lowest BCUT2D eigenvalue weighted by molar-refractivity contribution is 0.357. The smallest absolute Gasteiger partial charge is 0.125 e. The van der Waals surface area contributed by atoms with E-state index in [2.05, 4.69) is 35.5 Å². The second-order valence-electron chi connectivity index (χ2n) is 6.72. The predicted octanol–water partition coefficient (Wildman–Crippen LogP) is 4.11. The molecule has 0 fully saturated rings. The Morgan fingerprint density at radius 3 is 3.00 bits per heavy atom. The molecule has 1 aliphatic heterocycles. The molecule has 26 heavy (non-hydrogen) atoms. The van der Waals surface area contributed by atoms with E-state index in [1.807, 2.05) is 19.2 Å². The van der Waals surface area contributed by atoms with Crippen molar-refractivity contribution < 1.29 is 9.13 Å². The molecule has 4 rings (SSSR count). The van der Waals surface area contributed by atoms with E-state index in [0.29, 0.717) is 0 Å². The molecule has 0 saturated carbocycles. The lowest BCUT2D eigenvalue weighted by atomic mass is 10.1. The average molecular weight is 351 g/mol. The number of fused-ring (bicyclic) bond motifs is 1. The molecule has 0 aliphatic carbocycles. The number of halogens is 1. The van der Waals surface area contributed by atoms with Gasteiger partial charge in [-0.1, -0.05) is 18.2 Å². The Kier molecular flexibility index (Phi) is 4.47. The second-order valence-corrected chi connectivity index (χ2v) is 6.72. The number of nitrogens with one attached hydrogen (secondary N) is 1. The largest absolute Gasteiger partial charge is 0.493 e. The van der Waals surface area contributed by atoms with Crippen LogP contribution in [0, 0.1) is 12.7 Å². The van der Waals surface area contributed by atoms with Crippen molar-refractivity contribution in [3.63, 3.8) is 0 Å². The molecule has 5 heteroatoms. The molecule has 1 aromatic heterocycles. The van der Waals surface area contributed by atoms with Crippen LogP contribution in [0.4, 0.5) is 4.39 Å². The van der Waals surface area contributed by atoms with E-state index in [-0.39, 0.29) is 11.9 Å². The summed E-state index contributed by atoms with van der Waals surface area (Å²) in [5.74, 6) is 0.750. The maximum absolute atomic E-state index is 13.5. The van der Waals surface area contributed by atoms with E-state index in [4.69, 9.17) is 4.74 Å². The fourth-order valence-electron chi connectivity index (χ4n) is 3.45. The standard InChI is InChI=1S/C21H22FN3O/c1-14(23-12-16-6-7-21-17(10-16)8-9-26-21)20-13-24-25(15(20)2)19-5-3-4-18(22)11-19/h3-7,10-11,13-14,23H,8-9,12H2,1-2H3/t14-/m1/s1. The van der Waals surface area contributed by atoms with Crippen molar-refractivity contribution in [3.8, 4) is 11.4 Å². The molecule has 1 atom stereocenters. The van der Waals surface area contributed by atoms with Crippen LogP contribution in [0.3, 0.4) is 0 Å². The number of aromatic nitrogens is 2. The quantitative estimate of drug-likeness (QED) is 0.752. The van der Waals surface area contributed by atoms with Crippen LogP contribution in [-0.4, -0.2) is 16.4 Å². The summed E-state index contributed by atoms with van der Waals surface area (Å²) >= 11 is 0. The highest BCUT2D eigenvalue weighted by molar-refractivity contribution is 5.40. The van der Waals surface area contributed by atoms with Gasteiger partial charge in [0.1, 0.15) is 11.6 Å². The Labute approximate surface area is 152 Å². The summed E-state index contributed by atoms with van der Waals surface area (Å²) in [4.78, 5) is 0. The Morgan fingerprint density at radius 2 is 2.15 bits per heavy atom. The summed E-state index contributed by atoms with van der Waals surface area (Å²) in [6.07, 6.45) is 2.84. The molecule has 0 spiro atoms. The summed E-state index contributed by atoms with van der Waals surface area (Å²) < 4.78 is 20.8. The molecule has 3 aromatic rings. The topological polar surface area (TPSA) is 39.1 Å². The summed E-state index contributed by atoms with van der Waals surface area (Å²) in [7, 11) is 0. The van der Waals surface area contributed by atoms with Gasteiger partial charge in [0.05, 0.1) is 18.5 Å². The Bertz CT molecular complexity index is 935. The van der Waals surface area contributed by atoms with Crippen LogP contribution < -0.4 is 10.1 Å². The zero-order valence-electron chi connectivity index (χ0n) is 15.0. The van der Waals surface area contributed by atoms with Crippen LogP contribution in [0.2, 0.25) is 0 Å². The molecule has 0 bridgehead atoms. The van der Waals surface area contributed by atoms with Crippen molar-refractivity contribution in [2.24, 2.45) is 0 Å². The van der Waals surface area contributed by atoms with E-state index < -0.39 is 0 Å². The number of hydrogen-bond acceptors (Lipinski definition) is 3. The lowest BCUT2D eigenvalue weighted by Gasteiger charge is -2.15. The van der Waals surface area contributed by atoms with Gasteiger partial charge in [0.15, 0.2) is 0 Å². The molecule has 2 aromatic carbocycles. The number of benzene rings is 2. The normalized spacial score (nSPS) is 14.1. The van der Waals surface area contributed by atoms with Crippen molar-refractivity contribution >= 4 is 0 Å². The van der Waals surface area contributed by atoms with Crippen LogP contribution in [0.15, 0.2) is 48.7 Å². The van der Waals surface area contributed by atoms with E-state index >= 15 is 0 Å². The van der Waals surface area contributed by atoms with Gasteiger partial charge in [-0.2, -0.15) is 5.10 Å². The third kappa shape index (κ3) is 3.22. The first-order chi connectivity index (χ1) is 12.6. The average Bonchev–Trinajstić information content (AvgIpc) is 3.25. The highest BCUT2D eigenvalue weighted by Crippen LogP contribution is 2.26. The van der Waals surface area contributed by atoms with Crippen LogP contribution in [0.25, 0.3) is 5.69 Å². The first-order valence-corrected chi connectivity index (χ1v) is 8.90. The number of ether oxygens (including phenoxy) is 1. The van der Waals surface area contributed by atoms with Crippen LogP contribution in [-0.2, 0) is 13.0 Å². The molecule has 4 nitrogen and oxygen atoms in total. The monoisotopic (exact) mass is 351 g/mol. The number of nitrogens with zero attached hydrogens (tertiary/aromatic N) is 2. The SMILES string of the molecule is Cc1c([C@@H](C)NCc2ccc3c(c2)CCO3)cnn1-c1cccc(F)c1. The lowest BCUT2D eigenvalue weighted by Crippen LogP contribution is -2.18. The summed E-state index contributed by atoms with van der Waals surface area (Å²) in [5, 5.41) is 8.00. The molecule has 2 heterocycles. The maximum atomic E-state index is 13.5. The summed E-state index contributed by atoms with van der Waals surface area (Å²) in [5.41, 5.74) is 5.39. The van der Waals surface area contributed by atoms with Crippen molar-refractivity contribution in [2.75, 3.05) is 6.61 Å². The van der Waals surface area contributed by atoms with Gasteiger partial charge in [-0.15, -0.1) is 0 Å². The van der Waals surface area contributed by atoms with E-state index in [9.17, 15) is 4.39 Å². The zero-order valence-corrected chi connectivity index (χ0v) is 15.0. The van der Waals surface area contributed by atoms with Gasteiger partial charge in [0, 0.05) is 30.3 Å². The van der Waals surface area contributed by atoms with E-state index in [1.165, 1.54) is 23.3 Å². The van der Waals surface area contributed by atoms with Gasteiger partial charge in [0.2, 0.25) is 0 Å². The molecule has 134 valence electrons. The first-order valence-electron chi connectivity index (χ1n) is 8.90. The highest BCUT2D eigenvalue weighted by atomic mass is 19.1. The number of rotatable bonds is 5. The third-order valence-corrected chi connectivity index (χ3v) is 4.93. The van der Waals surface area contributed by atoms with Gasteiger partial charge >= 0.3 is 0 Å². The predicted molar refractivity (Wildman–Crippen MR) is 99.2 cm³/mol. The van der Waals surface area contributed by atoms with Crippen LogP contribution in [0.1, 0.15) is 35.3 Å². The van der Waals surface area contributed by atoms with Crippen molar-refractivity contribution in [1.82, 2.24) is 15.1 Å². The van der Waals surface area contributed by atoms with Crippen LogP contribution >= 0.6 is 0 Å². The molecule has 0 unspecified atom stereocenters. The molecule has 0 saturated heterocycles. The number of hydrogen-bond donors (Lipinski definition) is 1. The van der Waals surface area contributed by atoms with E-state index in [1.54, 1.807) is 10.7 Å². The van der Waals surface area contributed by atoms with Gasteiger partial charge in [-0.25, -0.2) is 9.07 Å². The molecule has 1 N–H and O–H groups in total. The Morgan fingerprint density at radius 1 is 1.27 bits per heavy atom. The Hall–Kier alpha value is -2.66. The van der Waals surface area contributed by atoms with E-state index in [0.717, 1.165) is 42.3 Å². The molecule has 0 amide bonds. The van der Waals surface area contributed by atoms with Crippen molar-refractivity contribution in [3.05, 3.63) is 76.9 Å². The first kappa shape index (κ1) is 16.8. The maximum Gasteiger partial charge on any atom is 0.125 e. The van der Waals surface area contributed by atoms with Crippen LogP contribution in [0.5, 0.6) is 5.75 Å². The van der Waals surface area contributed by atoms with Gasteiger partial charge in [-0.3, -0.25) is 0 Å².